The van der Waals surface area contributed by atoms with Gasteiger partial charge in [0.05, 0.1) is 13.2 Å². The Morgan fingerprint density at radius 1 is 0.909 bits per heavy atom. The summed E-state index contributed by atoms with van der Waals surface area (Å²) < 4.78 is 4.50. The lowest BCUT2D eigenvalue weighted by atomic mass is 10.3. The van der Waals surface area contributed by atoms with Crippen LogP contribution in [0, 0.1) is 0 Å². The maximum atomic E-state index is 5.37. The summed E-state index contributed by atoms with van der Waals surface area (Å²) in [6.07, 6.45) is 0. The Balaban J connectivity index is 0.000000167. The minimum Gasteiger partial charge on any atom is -0.399 e. The lowest BCUT2D eigenvalue weighted by molar-refractivity contribution is 0.475. The first-order valence-electron chi connectivity index (χ1n) is 3.48. The van der Waals surface area contributed by atoms with E-state index in [1.807, 2.05) is 0 Å². The molecule has 1 aromatic carbocycles. The molecule has 0 saturated carbocycles. The highest BCUT2D eigenvalue weighted by Gasteiger charge is 1.94. The van der Waals surface area contributed by atoms with E-state index in [9.17, 15) is 0 Å². The fourth-order valence-corrected chi connectivity index (χ4v) is 0.496. The maximum Gasteiger partial charge on any atom is 0.0701 e. The Bertz CT molecular complexity index is 182. The molecule has 60 valence electrons. The van der Waals surface area contributed by atoms with Crippen LogP contribution in [0.25, 0.3) is 0 Å². The molecule has 0 bridgehead atoms. The van der Waals surface area contributed by atoms with Crippen LogP contribution in [0.1, 0.15) is 0 Å². The van der Waals surface area contributed by atoms with Crippen molar-refractivity contribution in [2.45, 2.75) is 0 Å². The fraction of sp³-hybridized carbons (Fsp3) is 0.250. The van der Waals surface area contributed by atoms with E-state index in [1.165, 1.54) is 0 Å². The van der Waals surface area contributed by atoms with E-state index < -0.39 is 0 Å². The van der Waals surface area contributed by atoms with Gasteiger partial charge in [0.15, 0.2) is 0 Å². The Hall–Kier alpha value is -1.22. The number of hydrogen-bond acceptors (Lipinski definition) is 3. The molecule has 1 saturated heterocycles. The normalized spacial score (nSPS) is 13.1. The van der Waals surface area contributed by atoms with Crippen molar-refractivity contribution < 1.29 is 4.74 Å². The topological polar surface area (TPSA) is 64.6 Å². The number of ether oxygens (including phenoxy) is 1. The highest BCUT2D eigenvalue weighted by atomic mass is 16.6. The molecule has 0 atom stereocenters. The number of anilines is 2. The van der Waals surface area contributed by atoms with Gasteiger partial charge in [-0.1, -0.05) is 0 Å². The molecule has 0 amide bonds. The largest absolute Gasteiger partial charge is 0.399 e. The Morgan fingerprint density at radius 3 is 1.36 bits per heavy atom. The minimum atomic E-state index is 0.749. The van der Waals surface area contributed by atoms with Crippen LogP contribution in [0.2, 0.25) is 0 Å². The van der Waals surface area contributed by atoms with Crippen molar-refractivity contribution in [3.05, 3.63) is 24.3 Å². The summed E-state index contributed by atoms with van der Waals surface area (Å²) in [5.74, 6) is 0. The zero-order valence-electron chi connectivity index (χ0n) is 6.29. The van der Waals surface area contributed by atoms with E-state index in [1.54, 1.807) is 24.3 Å². The van der Waals surface area contributed by atoms with E-state index in [0.29, 0.717) is 0 Å². The summed E-state index contributed by atoms with van der Waals surface area (Å²) in [7, 11) is 0. The van der Waals surface area contributed by atoms with Crippen molar-refractivity contribution in [1.29, 1.82) is 0 Å². The number of benzene rings is 1. The van der Waals surface area contributed by atoms with Crippen molar-refractivity contribution in [1.82, 2.24) is 0 Å². The van der Waals surface area contributed by atoms with E-state index in [4.69, 9.17) is 11.5 Å². The molecular formula is C8H12N2O. The average Bonchev–Trinajstić information content (AvgIpc) is 2.80. The standard InChI is InChI=1S/C6H8N2.C2H4O/c7-5-1-2-6(8)4-3-5;1-2-3-1/h1-4H,7-8H2;1-2H2. The van der Waals surface area contributed by atoms with Gasteiger partial charge in [-0.15, -0.1) is 0 Å². The molecule has 1 aliphatic heterocycles. The molecule has 4 N–H and O–H groups in total. The first-order chi connectivity index (χ1) is 5.29. The average molecular weight is 152 g/mol. The Kier molecular flexibility index (Phi) is 2.74. The van der Waals surface area contributed by atoms with Crippen molar-refractivity contribution in [2.75, 3.05) is 24.7 Å². The number of nitrogens with two attached hydrogens (primary N) is 2. The summed E-state index contributed by atoms with van der Waals surface area (Å²) in [6, 6.07) is 7.09. The van der Waals surface area contributed by atoms with Crippen molar-refractivity contribution in [2.24, 2.45) is 0 Å². The van der Waals surface area contributed by atoms with Crippen LogP contribution in [0.5, 0.6) is 0 Å². The van der Waals surface area contributed by atoms with Crippen LogP contribution >= 0.6 is 0 Å². The third kappa shape index (κ3) is 4.22. The summed E-state index contributed by atoms with van der Waals surface area (Å²) >= 11 is 0. The summed E-state index contributed by atoms with van der Waals surface area (Å²) in [5.41, 5.74) is 12.2. The van der Waals surface area contributed by atoms with Gasteiger partial charge in [-0.05, 0) is 24.3 Å². The summed E-state index contributed by atoms with van der Waals surface area (Å²) in [6.45, 7) is 2.00. The first kappa shape index (κ1) is 7.88. The summed E-state index contributed by atoms with van der Waals surface area (Å²) in [5, 5.41) is 0. The molecule has 3 heteroatoms. The first-order valence-corrected chi connectivity index (χ1v) is 3.48. The predicted octanol–water partition coefficient (Wildman–Crippen LogP) is 0.868. The lowest BCUT2D eigenvalue weighted by Crippen LogP contribution is -1.86. The molecule has 0 aliphatic carbocycles. The highest BCUT2D eigenvalue weighted by molar-refractivity contribution is 5.47. The van der Waals surface area contributed by atoms with Gasteiger partial charge < -0.3 is 16.2 Å². The molecule has 0 aromatic heterocycles. The van der Waals surface area contributed by atoms with Gasteiger partial charge in [0, 0.05) is 11.4 Å². The molecule has 1 fully saturated rings. The zero-order chi connectivity index (χ0) is 8.10. The van der Waals surface area contributed by atoms with E-state index >= 15 is 0 Å². The van der Waals surface area contributed by atoms with Gasteiger partial charge in [0.25, 0.3) is 0 Å². The van der Waals surface area contributed by atoms with E-state index in [0.717, 1.165) is 24.6 Å². The second kappa shape index (κ2) is 3.83. The molecular weight excluding hydrogens is 140 g/mol. The Morgan fingerprint density at radius 2 is 1.18 bits per heavy atom. The zero-order valence-corrected chi connectivity index (χ0v) is 6.29. The van der Waals surface area contributed by atoms with E-state index in [-0.39, 0.29) is 0 Å². The van der Waals surface area contributed by atoms with Crippen molar-refractivity contribution >= 4 is 11.4 Å². The quantitative estimate of drug-likeness (QED) is 0.428. The third-order valence-electron chi connectivity index (χ3n) is 1.14. The second-order valence-electron chi connectivity index (χ2n) is 2.28. The number of epoxide rings is 1. The van der Waals surface area contributed by atoms with Gasteiger partial charge in [0.2, 0.25) is 0 Å². The molecule has 1 aromatic rings. The summed E-state index contributed by atoms with van der Waals surface area (Å²) in [4.78, 5) is 0. The molecule has 2 rings (SSSR count). The molecule has 0 spiro atoms. The van der Waals surface area contributed by atoms with Crippen molar-refractivity contribution in [3.63, 3.8) is 0 Å². The van der Waals surface area contributed by atoms with Crippen LogP contribution in [0.3, 0.4) is 0 Å². The Labute approximate surface area is 66.0 Å². The van der Waals surface area contributed by atoms with Gasteiger partial charge in [-0.2, -0.15) is 0 Å². The van der Waals surface area contributed by atoms with Gasteiger partial charge in [0.1, 0.15) is 0 Å². The number of nitrogen functional groups attached to an aromatic ring is 2. The highest BCUT2D eigenvalue weighted by Crippen LogP contribution is 2.04. The SMILES string of the molecule is C1CO1.Nc1ccc(N)cc1. The molecule has 0 radical (unpaired) electrons. The molecule has 1 heterocycles. The van der Waals surface area contributed by atoms with Crippen molar-refractivity contribution in [3.8, 4) is 0 Å². The van der Waals surface area contributed by atoms with Crippen LogP contribution in [-0.4, -0.2) is 13.2 Å². The third-order valence-corrected chi connectivity index (χ3v) is 1.14. The minimum absolute atomic E-state index is 0.749. The molecule has 0 unspecified atom stereocenters. The molecule has 1 aliphatic rings. The smallest absolute Gasteiger partial charge is 0.0701 e. The number of rotatable bonds is 0. The monoisotopic (exact) mass is 152 g/mol. The van der Waals surface area contributed by atoms with Crippen LogP contribution in [0.15, 0.2) is 24.3 Å². The van der Waals surface area contributed by atoms with Gasteiger partial charge in [-0.3, -0.25) is 0 Å². The van der Waals surface area contributed by atoms with Gasteiger partial charge in [-0.25, -0.2) is 0 Å². The van der Waals surface area contributed by atoms with Crippen LogP contribution in [0.4, 0.5) is 11.4 Å². The van der Waals surface area contributed by atoms with Crippen LogP contribution < -0.4 is 11.5 Å². The predicted molar refractivity (Wildman–Crippen MR) is 46.1 cm³/mol. The van der Waals surface area contributed by atoms with Gasteiger partial charge >= 0.3 is 0 Å². The lowest BCUT2D eigenvalue weighted by Gasteiger charge is -1.90. The second-order valence-corrected chi connectivity index (χ2v) is 2.28. The maximum absolute atomic E-state index is 5.37. The fourth-order valence-electron chi connectivity index (χ4n) is 0.496. The number of hydrogen-bond donors (Lipinski definition) is 2. The van der Waals surface area contributed by atoms with E-state index in [2.05, 4.69) is 4.74 Å². The molecule has 3 nitrogen and oxygen atoms in total. The molecule has 11 heavy (non-hydrogen) atoms. The van der Waals surface area contributed by atoms with Crippen LogP contribution in [-0.2, 0) is 4.74 Å².